The quantitative estimate of drug-likeness (QED) is 0.0457. The first kappa shape index (κ1) is 77.3. The number of nitrogens with two attached hydrogens (primary N) is 6. The molecule has 8 bridgehead atoms. The Bertz CT molecular complexity index is 3610. The van der Waals surface area contributed by atoms with Crippen LogP contribution in [0.2, 0.25) is 0 Å². The SMILES string of the molecule is CC1=C2N=C(C=C3N=C(C(C)=C4[N-]C(C(CC(N)=O)C4(C)CCC(=O)NCC(C)OP(=O)([O-])OC4C(CO)OC(n5cnc6cc(C)c(C)cc65)C4O)C4(C)N=C1C(CCC(N)=O)C4(C)CC(N)=O)C(CCC(N)=O)C3(C)C)C(CCC(N)=O)C2(C)CC(N)=O.F[C-](F)F.[Co+2]. The van der Waals surface area contributed by atoms with Gasteiger partial charge >= 0.3 is 16.8 Å². The van der Waals surface area contributed by atoms with E-state index < -0.39 is 150 Å². The number of carbonyl (C=O) groups excluding carboxylic acids is 7. The number of phosphoric acid groups is 1. The van der Waals surface area contributed by atoms with Crippen LogP contribution in [0.25, 0.3) is 16.4 Å². The number of imidazole rings is 1. The summed E-state index contributed by atoms with van der Waals surface area (Å²) in [7, 11) is -5.32. The number of nitrogens with one attached hydrogen (secondary N) is 1. The molecule has 15 N–H and O–H groups in total. The number of benzene rings is 1. The van der Waals surface area contributed by atoms with Crippen molar-refractivity contribution in [1.82, 2.24) is 14.9 Å². The summed E-state index contributed by atoms with van der Waals surface area (Å²) in [6.07, 6.45) is -4.79. The van der Waals surface area contributed by atoms with Crippen molar-refractivity contribution in [1.29, 1.82) is 0 Å². The van der Waals surface area contributed by atoms with Gasteiger partial charge in [0.25, 0.3) is 7.82 Å². The maximum absolute atomic E-state index is 14.4. The van der Waals surface area contributed by atoms with Gasteiger partial charge in [0, 0.05) is 108 Å². The average Bonchev–Trinajstić information content (AvgIpc) is 1.53. The van der Waals surface area contributed by atoms with Crippen LogP contribution in [0.1, 0.15) is 150 Å². The number of carbonyl (C=O) groups is 7. The topological polar surface area (TPSA) is 465 Å². The Morgan fingerprint density at radius 1 is 0.800 bits per heavy atom. The van der Waals surface area contributed by atoms with Gasteiger partial charge in [0.15, 0.2) is 12.9 Å². The standard InChI is InChI=1S/C62H90N13O14P.CF3.Co/c1-29-20-39-40(21-30(29)2)75(28-70-39)57-52(84)53(41(27-76)87-57)89-90(85,86)88-31(3)26-69-49(83)18-19-59(8)37(22-46(66)80)56-62(11)61(10,25-48(68)82)36(14-17-45(65)79)51(74-62)33(5)55-60(9,24-47(67)81)34(12-15-43(63)77)38(71-55)23-42-58(6,7)35(13-16-44(64)78)50(72-42)32(4)54(59)73-56;2-1(3)4;/h20-21,23,28,31,34-37,41,52-53,56-57,76,84H,12-19,22,24-27H2,1-11H3,(H15,63,64,65,66,67,68,69,71,72,73,74,77,78,79,80,81,82,83,85,86);;/q;-1;+2/p-2. The molecule has 2 fully saturated rings. The van der Waals surface area contributed by atoms with E-state index in [9.17, 15) is 66.4 Å². The number of primary amides is 6. The van der Waals surface area contributed by atoms with Gasteiger partial charge in [0.05, 0.1) is 41.3 Å². The van der Waals surface area contributed by atoms with E-state index in [0.29, 0.717) is 56.4 Å². The van der Waals surface area contributed by atoms with Crippen molar-refractivity contribution in [3.05, 3.63) is 75.9 Å². The smallest absolute Gasteiger partial charge is 0.756 e. The van der Waals surface area contributed by atoms with Crippen LogP contribution in [0.15, 0.2) is 67.8 Å². The molecular weight excluding hydrogens is 1310 g/mol. The van der Waals surface area contributed by atoms with E-state index in [1.165, 1.54) is 17.8 Å². The number of nitrogens with zero attached hydrogens (tertiary/aromatic N) is 6. The van der Waals surface area contributed by atoms with Crippen LogP contribution in [-0.2, 0) is 68.7 Å². The van der Waals surface area contributed by atoms with Crippen LogP contribution in [-0.4, -0.2) is 127 Å². The molecule has 0 saturated carbocycles. The Kier molecular flexibility index (Phi) is 24.1. The van der Waals surface area contributed by atoms with Crippen LogP contribution >= 0.6 is 7.82 Å². The number of aliphatic imine (C=N–C) groups is 3. The fourth-order valence-corrected chi connectivity index (χ4v) is 16.4. The molecule has 7 heterocycles. The minimum absolute atomic E-state index is 0. The van der Waals surface area contributed by atoms with Gasteiger partial charge in [-0.05, 0) is 119 Å². The van der Waals surface area contributed by atoms with Gasteiger partial charge in [0.2, 0.25) is 41.4 Å². The van der Waals surface area contributed by atoms with Gasteiger partial charge in [-0.3, -0.25) is 53.1 Å². The molecule has 0 spiro atoms. The fraction of sp³-hybridized carbons (Fsp3) is 0.619. The number of allylic oxidation sites excluding steroid dienone is 6. The van der Waals surface area contributed by atoms with E-state index in [1.54, 1.807) is 6.92 Å². The maximum Gasteiger partial charge on any atom is 2.00 e. The Morgan fingerprint density at radius 3 is 1.93 bits per heavy atom. The molecule has 32 heteroatoms. The normalized spacial score (nSPS) is 30.7. The van der Waals surface area contributed by atoms with Crippen LogP contribution in [0.4, 0.5) is 13.2 Å². The average molecular weight is 1400 g/mol. The summed E-state index contributed by atoms with van der Waals surface area (Å²) >= 11 is 0. The minimum Gasteiger partial charge on any atom is -0.756 e. The third-order valence-electron chi connectivity index (χ3n) is 20.5. The van der Waals surface area contributed by atoms with Crippen molar-refractivity contribution >= 4 is 77.3 Å². The molecule has 525 valence electrons. The zero-order valence-electron chi connectivity index (χ0n) is 55.1. The van der Waals surface area contributed by atoms with E-state index in [0.717, 1.165) is 11.1 Å². The van der Waals surface area contributed by atoms with Crippen LogP contribution in [0.5, 0.6) is 0 Å². The summed E-state index contributed by atoms with van der Waals surface area (Å²) < 4.78 is 60.6. The van der Waals surface area contributed by atoms with Gasteiger partial charge in [-0.15, -0.1) is 0 Å². The second kappa shape index (κ2) is 29.6. The largest absolute Gasteiger partial charge is 2.00 e. The number of rotatable bonds is 26. The molecule has 15 atom stereocenters. The Hall–Kier alpha value is -6.70. The van der Waals surface area contributed by atoms with Crippen LogP contribution < -0.4 is 44.6 Å². The number of amides is 7. The van der Waals surface area contributed by atoms with Gasteiger partial charge in [0.1, 0.15) is 18.3 Å². The summed E-state index contributed by atoms with van der Waals surface area (Å²) in [6, 6.07) is 2.65. The molecule has 2 saturated heterocycles. The van der Waals surface area contributed by atoms with E-state index in [1.807, 2.05) is 80.5 Å². The number of hydrogen-bond acceptors (Lipinski definition) is 18. The number of halogens is 3. The monoisotopic (exact) mass is 1400 g/mol. The predicted octanol–water partition coefficient (Wildman–Crippen LogP) is 4.65. The second-order valence-electron chi connectivity index (χ2n) is 27.2. The number of aromatic nitrogens is 2. The molecule has 6 aliphatic rings. The fourth-order valence-electron chi connectivity index (χ4n) is 15.3. The molecule has 1 aromatic heterocycles. The van der Waals surface area contributed by atoms with Crippen LogP contribution in [0, 0.1) is 65.9 Å². The Balaban J connectivity index is 0.00000278. The summed E-state index contributed by atoms with van der Waals surface area (Å²) in [4.78, 5) is 128. The van der Waals surface area contributed by atoms with E-state index in [2.05, 4.69) is 10.3 Å². The number of aliphatic hydroxyl groups excluding tert-OH is 2. The molecule has 8 rings (SSSR count). The number of hydrogen-bond donors (Lipinski definition) is 9. The Labute approximate surface area is 559 Å². The van der Waals surface area contributed by atoms with E-state index in [-0.39, 0.29) is 94.0 Å². The van der Waals surface area contributed by atoms with Crippen molar-refractivity contribution in [2.24, 2.45) is 94.7 Å². The number of ether oxygens (including phenoxy) is 1. The zero-order valence-corrected chi connectivity index (χ0v) is 57.1. The molecular formula is C63H88CoF3N13O14P-. The number of fused-ring (bicyclic) bond motifs is 7. The van der Waals surface area contributed by atoms with Crippen molar-refractivity contribution < 1.29 is 97.0 Å². The summed E-state index contributed by atoms with van der Waals surface area (Å²) in [6.45, 7) is 15.9. The molecule has 27 nitrogen and oxygen atoms in total. The summed E-state index contributed by atoms with van der Waals surface area (Å²) in [5.74, 6) is -7.40. The van der Waals surface area contributed by atoms with Crippen molar-refractivity contribution in [3.8, 4) is 0 Å². The molecule has 2 aromatic rings. The van der Waals surface area contributed by atoms with Gasteiger partial charge in [-0.2, -0.15) is 5.70 Å². The molecule has 1 aromatic carbocycles. The predicted molar refractivity (Wildman–Crippen MR) is 338 cm³/mol. The molecule has 7 amide bonds. The first-order chi connectivity index (χ1) is 43.6. The third kappa shape index (κ3) is 15.8. The molecule has 0 aliphatic carbocycles. The van der Waals surface area contributed by atoms with E-state index >= 15 is 0 Å². The molecule has 15 unspecified atom stereocenters. The summed E-state index contributed by atoms with van der Waals surface area (Å²) in [5, 5.41) is 30.1. The first-order valence-electron chi connectivity index (χ1n) is 31.1. The van der Waals surface area contributed by atoms with Crippen molar-refractivity contribution in [2.45, 2.75) is 189 Å². The Morgan fingerprint density at radius 2 is 1.37 bits per heavy atom. The third-order valence-corrected chi connectivity index (χ3v) is 21.6. The van der Waals surface area contributed by atoms with Gasteiger partial charge < -0.3 is 91.7 Å². The van der Waals surface area contributed by atoms with Crippen LogP contribution in [0.3, 0.4) is 0 Å². The number of aryl methyl sites for hydroxylation is 2. The molecule has 95 heavy (non-hydrogen) atoms. The van der Waals surface area contributed by atoms with Gasteiger partial charge in [-0.25, -0.2) is 4.98 Å². The van der Waals surface area contributed by atoms with E-state index in [4.69, 9.17) is 68.5 Å². The molecule has 6 aliphatic heterocycles. The van der Waals surface area contributed by atoms with Gasteiger partial charge in [-0.1, -0.05) is 40.7 Å². The maximum atomic E-state index is 14.4. The first-order valence-corrected chi connectivity index (χ1v) is 32.5. The van der Waals surface area contributed by atoms with Crippen molar-refractivity contribution in [3.63, 3.8) is 0 Å². The van der Waals surface area contributed by atoms with Crippen molar-refractivity contribution in [2.75, 3.05) is 13.2 Å². The minimum atomic E-state index is -5.32. The summed E-state index contributed by atoms with van der Waals surface area (Å²) in [5.41, 5.74) is 36.7. The molecule has 1 radical (unpaired) electrons. The number of phosphoric ester groups is 1. The second-order valence-corrected chi connectivity index (χ2v) is 28.5. The number of aliphatic hydroxyl groups is 2. The zero-order chi connectivity index (χ0) is 70.3.